The molecule has 0 aromatic heterocycles. The van der Waals surface area contributed by atoms with Crippen molar-refractivity contribution >= 4 is 15.8 Å². The molecule has 0 heterocycles. The number of sulfonamides is 1. The largest absolute Gasteiger partial charge is 0.300 e. The second-order valence-electron chi connectivity index (χ2n) is 4.36. The van der Waals surface area contributed by atoms with Crippen LogP contribution in [0.3, 0.4) is 0 Å². The first-order valence-electron chi connectivity index (χ1n) is 5.77. The monoisotopic (exact) mass is 271 g/mol. The molecule has 0 spiro atoms. The molecule has 1 aromatic carbocycles. The van der Waals surface area contributed by atoms with E-state index in [1.54, 1.807) is 0 Å². The lowest BCUT2D eigenvalue weighted by Crippen LogP contribution is -2.38. The zero-order chi connectivity index (χ0) is 13.2. The molecular weight excluding hydrogens is 257 g/mol. The van der Waals surface area contributed by atoms with E-state index >= 15 is 0 Å². The number of carbonyl (C=O) groups excluding carboxylic acids is 1. The second-order valence-corrected chi connectivity index (χ2v) is 6.05. The molecule has 0 unspecified atom stereocenters. The topological polar surface area (TPSA) is 63.2 Å². The zero-order valence-corrected chi connectivity index (χ0v) is 10.5. The third kappa shape index (κ3) is 2.94. The molecule has 6 heteroatoms. The summed E-state index contributed by atoms with van der Waals surface area (Å²) in [7, 11) is -3.84. The highest BCUT2D eigenvalue weighted by Crippen LogP contribution is 2.19. The van der Waals surface area contributed by atoms with Crippen LogP contribution in [-0.4, -0.2) is 20.2 Å². The fraction of sp³-hybridized carbons (Fsp3) is 0.417. The quantitative estimate of drug-likeness (QED) is 0.908. The van der Waals surface area contributed by atoms with Crippen molar-refractivity contribution in [3.05, 3.63) is 30.1 Å². The van der Waals surface area contributed by atoms with Crippen LogP contribution in [0.25, 0.3) is 0 Å². The highest BCUT2D eigenvalue weighted by molar-refractivity contribution is 7.89. The molecule has 1 aliphatic rings. The fourth-order valence-corrected chi connectivity index (χ4v) is 3.39. The summed E-state index contributed by atoms with van der Waals surface area (Å²) in [6.45, 7) is 0. The molecule has 1 aliphatic carbocycles. The minimum absolute atomic E-state index is 0.149. The van der Waals surface area contributed by atoms with Gasteiger partial charge in [0, 0.05) is 18.9 Å². The molecule has 0 bridgehead atoms. The summed E-state index contributed by atoms with van der Waals surface area (Å²) in [6, 6.07) is 4.97. The first kappa shape index (κ1) is 13.2. The molecule has 1 fully saturated rings. The maximum atomic E-state index is 13.4. The highest BCUT2D eigenvalue weighted by atomic mass is 32.2. The van der Waals surface area contributed by atoms with Crippen LogP contribution >= 0.6 is 0 Å². The first-order chi connectivity index (χ1) is 8.49. The summed E-state index contributed by atoms with van der Waals surface area (Å²) in [4.78, 5) is 10.7. The summed E-state index contributed by atoms with van der Waals surface area (Å²) in [5, 5.41) is 0. The smallest absolute Gasteiger partial charge is 0.243 e. The SMILES string of the molecule is O=C1CCC(NS(=O)(=O)c2ccccc2F)CC1. The Balaban J connectivity index is 2.13. The van der Waals surface area contributed by atoms with Gasteiger partial charge in [-0.3, -0.25) is 4.79 Å². The van der Waals surface area contributed by atoms with Crippen LogP contribution in [0.5, 0.6) is 0 Å². The summed E-state index contributed by atoms with van der Waals surface area (Å²) in [6.07, 6.45) is 1.72. The van der Waals surface area contributed by atoms with Gasteiger partial charge in [-0.2, -0.15) is 0 Å². The summed E-state index contributed by atoms with van der Waals surface area (Å²) >= 11 is 0. The average molecular weight is 271 g/mol. The van der Waals surface area contributed by atoms with Gasteiger partial charge in [-0.1, -0.05) is 12.1 Å². The van der Waals surface area contributed by atoms with E-state index < -0.39 is 15.8 Å². The van der Waals surface area contributed by atoms with E-state index in [1.807, 2.05) is 0 Å². The molecule has 0 amide bonds. The predicted molar refractivity (Wildman–Crippen MR) is 64.0 cm³/mol. The minimum atomic E-state index is -3.84. The van der Waals surface area contributed by atoms with Crippen molar-refractivity contribution in [3.63, 3.8) is 0 Å². The van der Waals surface area contributed by atoms with Crippen LogP contribution in [0.4, 0.5) is 4.39 Å². The van der Waals surface area contributed by atoms with Gasteiger partial charge in [0.05, 0.1) is 0 Å². The third-order valence-electron chi connectivity index (χ3n) is 2.99. The Morgan fingerprint density at radius 3 is 2.39 bits per heavy atom. The van der Waals surface area contributed by atoms with Crippen molar-refractivity contribution in [2.24, 2.45) is 0 Å². The Morgan fingerprint density at radius 1 is 1.17 bits per heavy atom. The molecular formula is C12H14FNO3S. The van der Waals surface area contributed by atoms with Gasteiger partial charge in [-0.25, -0.2) is 17.5 Å². The Morgan fingerprint density at radius 2 is 1.78 bits per heavy atom. The van der Waals surface area contributed by atoms with Crippen LogP contribution in [-0.2, 0) is 14.8 Å². The van der Waals surface area contributed by atoms with E-state index in [1.165, 1.54) is 18.2 Å². The number of ketones is 1. The number of benzene rings is 1. The normalized spacial score (nSPS) is 17.9. The standard InChI is InChI=1S/C12H14FNO3S/c13-11-3-1-2-4-12(11)18(16,17)14-9-5-7-10(15)8-6-9/h1-4,9,14H,5-8H2. The van der Waals surface area contributed by atoms with Crippen LogP contribution in [0, 0.1) is 5.82 Å². The molecule has 2 rings (SSSR count). The van der Waals surface area contributed by atoms with E-state index in [4.69, 9.17) is 0 Å². The molecule has 1 aromatic rings. The van der Waals surface area contributed by atoms with Gasteiger partial charge >= 0.3 is 0 Å². The predicted octanol–water partition coefficient (Wildman–Crippen LogP) is 1.62. The van der Waals surface area contributed by atoms with Crippen molar-refractivity contribution in [1.29, 1.82) is 0 Å². The van der Waals surface area contributed by atoms with Gasteiger partial charge in [0.2, 0.25) is 10.0 Å². The summed E-state index contributed by atoms with van der Waals surface area (Å²) in [5.74, 6) is -0.617. The van der Waals surface area contributed by atoms with E-state index in [-0.39, 0.29) is 16.7 Å². The lowest BCUT2D eigenvalue weighted by molar-refractivity contribution is -0.120. The minimum Gasteiger partial charge on any atom is -0.300 e. The molecule has 4 nitrogen and oxygen atoms in total. The Hall–Kier alpha value is -1.27. The number of carbonyl (C=O) groups is 1. The number of nitrogens with one attached hydrogen (secondary N) is 1. The molecule has 98 valence electrons. The van der Waals surface area contributed by atoms with Crippen molar-refractivity contribution in [1.82, 2.24) is 4.72 Å². The summed E-state index contributed by atoms with van der Waals surface area (Å²) < 4.78 is 39.8. The van der Waals surface area contributed by atoms with Crippen molar-refractivity contribution in [3.8, 4) is 0 Å². The van der Waals surface area contributed by atoms with Crippen LogP contribution in [0.2, 0.25) is 0 Å². The molecule has 1 saturated carbocycles. The molecule has 0 aliphatic heterocycles. The Labute approximate surface area is 105 Å². The average Bonchev–Trinajstić information content (AvgIpc) is 2.32. The van der Waals surface area contributed by atoms with E-state index in [2.05, 4.69) is 4.72 Å². The van der Waals surface area contributed by atoms with E-state index in [9.17, 15) is 17.6 Å². The summed E-state index contributed by atoms with van der Waals surface area (Å²) in [5.41, 5.74) is 0. The lowest BCUT2D eigenvalue weighted by Gasteiger charge is -2.22. The third-order valence-corrected chi connectivity index (χ3v) is 4.55. The number of halogens is 1. The number of hydrogen-bond acceptors (Lipinski definition) is 3. The zero-order valence-electron chi connectivity index (χ0n) is 9.73. The highest BCUT2D eigenvalue weighted by Gasteiger charge is 2.26. The van der Waals surface area contributed by atoms with Gasteiger partial charge in [0.1, 0.15) is 16.5 Å². The van der Waals surface area contributed by atoms with Gasteiger partial charge in [-0.05, 0) is 25.0 Å². The Kier molecular flexibility index (Phi) is 3.77. The van der Waals surface area contributed by atoms with Crippen molar-refractivity contribution in [2.45, 2.75) is 36.6 Å². The Bertz CT molecular complexity index is 546. The van der Waals surface area contributed by atoms with Gasteiger partial charge in [-0.15, -0.1) is 0 Å². The number of Topliss-reactive ketones (excluding diaryl/α,β-unsaturated/α-hetero) is 1. The fourth-order valence-electron chi connectivity index (χ4n) is 2.00. The lowest BCUT2D eigenvalue weighted by atomic mass is 9.95. The van der Waals surface area contributed by atoms with Gasteiger partial charge in [0.25, 0.3) is 0 Å². The first-order valence-corrected chi connectivity index (χ1v) is 7.26. The molecule has 0 atom stereocenters. The van der Waals surface area contributed by atoms with E-state index in [0.29, 0.717) is 25.7 Å². The number of hydrogen-bond donors (Lipinski definition) is 1. The van der Waals surface area contributed by atoms with Gasteiger partial charge < -0.3 is 0 Å². The maximum Gasteiger partial charge on any atom is 0.243 e. The second kappa shape index (κ2) is 5.16. The molecule has 0 radical (unpaired) electrons. The number of rotatable bonds is 3. The molecule has 1 N–H and O–H groups in total. The van der Waals surface area contributed by atoms with Crippen LogP contribution in [0.1, 0.15) is 25.7 Å². The van der Waals surface area contributed by atoms with Crippen LogP contribution < -0.4 is 4.72 Å². The van der Waals surface area contributed by atoms with Gasteiger partial charge in [0.15, 0.2) is 0 Å². The van der Waals surface area contributed by atoms with E-state index in [0.717, 1.165) is 6.07 Å². The van der Waals surface area contributed by atoms with Crippen LogP contribution in [0.15, 0.2) is 29.2 Å². The van der Waals surface area contributed by atoms with Crippen molar-refractivity contribution in [2.75, 3.05) is 0 Å². The maximum absolute atomic E-state index is 13.4. The molecule has 18 heavy (non-hydrogen) atoms. The van der Waals surface area contributed by atoms with Crippen molar-refractivity contribution < 1.29 is 17.6 Å². The molecule has 0 saturated heterocycles.